The molecule has 0 aromatic rings. The van der Waals surface area contributed by atoms with Crippen molar-refractivity contribution < 1.29 is 14.6 Å². The van der Waals surface area contributed by atoms with Crippen molar-refractivity contribution in [3.63, 3.8) is 0 Å². The SMILES string of the molecule is CCOC(=O)CCN1CC2CC1CCC2O. The summed E-state index contributed by atoms with van der Waals surface area (Å²) in [7, 11) is 0. The zero-order valence-electron chi connectivity index (χ0n) is 9.89. The number of ether oxygens (including phenoxy) is 1. The zero-order chi connectivity index (χ0) is 11.5. The van der Waals surface area contributed by atoms with Crippen LogP contribution in [-0.4, -0.2) is 47.8 Å². The number of hydrogen-bond donors (Lipinski definition) is 1. The van der Waals surface area contributed by atoms with Crippen molar-refractivity contribution in [3.8, 4) is 0 Å². The van der Waals surface area contributed by atoms with Crippen molar-refractivity contribution in [2.75, 3.05) is 19.7 Å². The molecule has 0 spiro atoms. The summed E-state index contributed by atoms with van der Waals surface area (Å²) >= 11 is 0. The van der Waals surface area contributed by atoms with Crippen molar-refractivity contribution in [1.29, 1.82) is 0 Å². The molecule has 1 heterocycles. The first-order chi connectivity index (χ1) is 7.70. The van der Waals surface area contributed by atoms with Gasteiger partial charge in [0.15, 0.2) is 0 Å². The van der Waals surface area contributed by atoms with Gasteiger partial charge < -0.3 is 9.84 Å². The van der Waals surface area contributed by atoms with Crippen molar-refractivity contribution in [2.45, 2.75) is 44.8 Å². The monoisotopic (exact) mass is 227 g/mol. The second kappa shape index (κ2) is 5.15. The number of carbonyl (C=O) groups is 1. The fourth-order valence-electron chi connectivity index (χ4n) is 2.94. The molecule has 16 heavy (non-hydrogen) atoms. The zero-order valence-corrected chi connectivity index (χ0v) is 9.89. The number of fused-ring (bicyclic) bond motifs is 2. The molecule has 2 fully saturated rings. The first-order valence-electron chi connectivity index (χ1n) is 6.28. The largest absolute Gasteiger partial charge is 0.466 e. The topological polar surface area (TPSA) is 49.8 Å². The summed E-state index contributed by atoms with van der Waals surface area (Å²) in [6.45, 7) is 4.03. The van der Waals surface area contributed by atoms with Gasteiger partial charge in [0.25, 0.3) is 0 Å². The Morgan fingerprint density at radius 2 is 2.31 bits per heavy atom. The molecule has 4 nitrogen and oxygen atoms in total. The van der Waals surface area contributed by atoms with E-state index in [-0.39, 0.29) is 12.1 Å². The summed E-state index contributed by atoms with van der Waals surface area (Å²) in [5.41, 5.74) is 0. The molecule has 0 aromatic heterocycles. The molecule has 1 aliphatic heterocycles. The lowest BCUT2D eigenvalue weighted by Gasteiger charge is -2.25. The first-order valence-corrected chi connectivity index (χ1v) is 6.28. The second-order valence-corrected chi connectivity index (χ2v) is 4.84. The van der Waals surface area contributed by atoms with Crippen LogP contribution in [0.1, 0.15) is 32.6 Å². The minimum absolute atomic E-state index is 0.107. The van der Waals surface area contributed by atoms with E-state index in [4.69, 9.17) is 4.74 Å². The fourth-order valence-corrected chi connectivity index (χ4v) is 2.94. The molecule has 4 heteroatoms. The maximum absolute atomic E-state index is 11.3. The summed E-state index contributed by atoms with van der Waals surface area (Å²) in [5.74, 6) is 0.324. The quantitative estimate of drug-likeness (QED) is 0.721. The molecule has 0 radical (unpaired) electrons. The van der Waals surface area contributed by atoms with Gasteiger partial charge in [-0.3, -0.25) is 9.69 Å². The molecular formula is C12H21NO3. The van der Waals surface area contributed by atoms with Crippen molar-refractivity contribution in [2.24, 2.45) is 5.92 Å². The van der Waals surface area contributed by atoms with Gasteiger partial charge in [-0.15, -0.1) is 0 Å². The maximum atomic E-state index is 11.3. The second-order valence-electron chi connectivity index (χ2n) is 4.84. The van der Waals surface area contributed by atoms with E-state index in [1.165, 1.54) is 0 Å². The van der Waals surface area contributed by atoms with Gasteiger partial charge in [0, 0.05) is 19.1 Å². The predicted octanol–water partition coefficient (Wildman–Crippen LogP) is 0.785. The van der Waals surface area contributed by atoms with E-state index in [0.717, 1.165) is 32.4 Å². The van der Waals surface area contributed by atoms with E-state index in [1.807, 2.05) is 6.92 Å². The van der Waals surface area contributed by atoms with Gasteiger partial charge in [-0.25, -0.2) is 0 Å². The first kappa shape index (κ1) is 11.9. The molecule has 1 N–H and O–H groups in total. The van der Waals surface area contributed by atoms with Crippen LogP contribution in [0.4, 0.5) is 0 Å². The third-order valence-corrected chi connectivity index (χ3v) is 3.81. The highest BCUT2D eigenvalue weighted by Crippen LogP contribution is 2.35. The molecule has 2 rings (SSSR count). The summed E-state index contributed by atoms with van der Waals surface area (Å²) in [6.07, 6.45) is 3.45. The fraction of sp³-hybridized carbons (Fsp3) is 0.917. The van der Waals surface area contributed by atoms with Crippen LogP contribution in [0.2, 0.25) is 0 Å². The van der Waals surface area contributed by atoms with Crippen LogP contribution < -0.4 is 0 Å². The third kappa shape index (κ3) is 2.55. The molecule has 3 unspecified atom stereocenters. The number of esters is 1. The Kier molecular flexibility index (Phi) is 3.82. The van der Waals surface area contributed by atoms with Crippen LogP contribution in [0.15, 0.2) is 0 Å². The summed E-state index contributed by atoms with van der Waals surface area (Å²) in [5, 5.41) is 9.76. The number of nitrogens with zero attached hydrogens (tertiary/aromatic N) is 1. The molecule has 0 aromatic carbocycles. The molecule has 3 atom stereocenters. The van der Waals surface area contributed by atoms with E-state index in [1.54, 1.807) is 0 Å². The Bertz CT molecular complexity index is 257. The third-order valence-electron chi connectivity index (χ3n) is 3.81. The Hall–Kier alpha value is -0.610. The van der Waals surface area contributed by atoms with Gasteiger partial charge in [-0.2, -0.15) is 0 Å². The average Bonchev–Trinajstić information content (AvgIpc) is 2.60. The number of aliphatic hydroxyl groups is 1. The van der Waals surface area contributed by atoms with Crippen LogP contribution in [-0.2, 0) is 9.53 Å². The van der Waals surface area contributed by atoms with Gasteiger partial charge in [0.1, 0.15) is 0 Å². The van der Waals surface area contributed by atoms with E-state index in [2.05, 4.69) is 4.90 Å². The highest BCUT2D eigenvalue weighted by Gasteiger charge is 2.39. The van der Waals surface area contributed by atoms with Gasteiger partial charge in [0.2, 0.25) is 0 Å². The van der Waals surface area contributed by atoms with E-state index in [0.29, 0.717) is 25.0 Å². The molecular weight excluding hydrogens is 206 g/mol. The Balaban J connectivity index is 1.77. The summed E-state index contributed by atoms with van der Waals surface area (Å²) in [6, 6.07) is 0.586. The number of carbonyl (C=O) groups excluding carboxylic acids is 1. The van der Waals surface area contributed by atoms with Crippen molar-refractivity contribution in [1.82, 2.24) is 4.90 Å². The minimum Gasteiger partial charge on any atom is -0.466 e. The van der Waals surface area contributed by atoms with Crippen LogP contribution in [0.5, 0.6) is 0 Å². The smallest absolute Gasteiger partial charge is 0.307 e. The maximum Gasteiger partial charge on any atom is 0.307 e. The lowest BCUT2D eigenvalue weighted by Crippen LogP contribution is -2.31. The van der Waals surface area contributed by atoms with Crippen molar-refractivity contribution in [3.05, 3.63) is 0 Å². The molecule has 2 bridgehead atoms. The normalized spacial score (nSPS) is 34.0. The molecule has 0 amide bonds. The Labute approximate surface area is 96.6 Å². The van der Waals surface area contributed by atoms with Crippen molar-refractivity contribution >= 4 is 5.97 Å². The summed E-state index contributed by atoms with van der Waals surface area (Å²) < 4.78 is 4.92. The average molecular weight is 227 g/mol. The molecule has 92 valence electrons. The minimum atomic E-state index is -0.121. The highest BCUT2D eigenvalue weighted by atomic mass is 16.5. The van der Waals surface area contributed by atoms with E-state index >= 15 is 0 Å². The Morgan fingerprint density at radius 3 is 3.00 bits per heavy atom. The number of hydrogen-bond acceptors (Lipinski definition) is 4. The number of aliphatic hydroxyl groups excluding tert-OH is 1. The van der Waals surface area contributed by atoms with Crippen LogP contribution >= 0.6 is 0 Å². The van der Waals surface area contributed by atoms with Crippen LogP contribution in [0.25, 0.3) is 0 Å². The summed E-state index contributed by atoms with van der Waals surface area (Å²) in [4.78, 5) is 13.6. The van der Waals surface area contributed by atoms with Gasteiger partial charge >= 0.3 is 5.97 Å². The molecule has 1 saturated heterocycles. The van der Waals surface area contributed by atoms with Gasteiger partial charge in [-0.05, 0) is 32.1 Å². The lowest BCUT2D eigenvalue weighted by molar-refractivity contribution is -0.143. The van der Waals surface area contributed by atoms with E-state index < -0.39 is 0 Å². The van der Waals surface area contributed by atoms with Crippen LogP contribution in [0, 0.1) is 5.92 Å². The van der Waals surface area contributed by atoms with Gasteiger partial charge in [0.05, 0.1) is 19.1 Å². The highest BCUT2D eigenvalue weighted by molar-refractivity contribution is 5.69. The molecule has 1 aliphatic carbocycles. The van der Waals surface area contributed by atoms with Crippen LogP contribution in [0.3, 0.4) is 0 Å². The standard InChI is InChI=1S/C12H21NO3/c1-2-16-12(15)5-6-13-8-9-7-10(13)3-4-11(9)14/h9-11,14H,2-8H2,1H3. The molecule has 1 saturated carbocycles. The number of rotatable bonds is 4. The predicted molar refractivity (Wildman–Crippen MR) is 60.0 cm³/mol. The van der Waals surface area contributed by atoms with E-state index in [9.17, 15) is 9.90 Å². The Morgan fingerprint density at radius 1 is 1.50 bits per heavy atom. The van der Waals surface area contributed by atoms with Gasteiger partial charge in [-0.1, -0.05) is 0 Å². The molecule has 2 aliphatic rings. The lowest BCUT2D eigenvalue weighted by atomic mass is 9.88. The number of likely N-dealkylation sites (tertiary alicyclic amines) is 1.